The van der Waals surface area contributed by atoms with Gasteiger partial charge in [0.15, 0.2) is 5.96 Å². The molecule has 0 radical (unpaired) electrons. The molecule has 1 saturated heterocycles. The van der Waals surface area contributed by atoms with Gasteiger partial charge in [0.05, 0.1) is 6.54 Å². The van der Waals surface area contributed by atoms with Gasteiger partial charge >= 0.3 is 0 Å². The van der Waals surface area contributed by atoms with Crippen molar-refractivity contribution in [3.8, 4) is 5.75 Å². The van der Waals surface area contributed by atoms with Crippen LogP contribution < -0.4 is 15.4 Å². The van der Waals surface area contributed by atoms with E-state index in [0.29, 0.717) is 24.8 Å². The predicted molar refractivity (Wildman–Crippen MR) is 122 cm³/mol. The maximum Gasteiger partial charge on any atom is 0.225 e. The Morgan fingerprint density at radius 1 is 1.38 bits per heavy atom. The number of aliphatic hydroxyl groups is 1. The largest absolute Gasteiger partial charge is 0.491 e. The van der Waals surface area contributed by atoms with Crippen LogP contribution in [0.25, 0.3) is 0 Å². The maximum absolute atomic E-state index is 12.9. The molecule has 0 spiro atoms. The zero-order valence-corrected chi connectivity index (χ0v) is 19.6. The fourth-order valence-corrected chi connectivity index (χ4v) is 2.93. The third-order valence-corrected chi connectivity index (χ3v) is 4.40. The summed E-state index contributed by atoms with van der Waals surface area (Å²) in [6, 6.07) is 5.78. The molecule has 29 heavy (non-hydrogen) atoms. The minimum absolute atomic E-state index is 0. The molecular weight excluding hydrogens is 490 g/mol. The van der Waals surface area contributed by atoms with E-state index in [1.807, 2.05) is 25.7 Å². The highest BCUT2D eigenvalue weighted by Gasteiger charge is 2.28. The molecule has 1 amide bonds. The Labute approximate surface area is 189 Å². The molecule has 3 N–H and O–H groups in total. The molecule has 2 rings (SSSR count). The second kappa shape index (κ2) is 12.8. The third kappa shape index (κ3) is 8.73. The van der Waals surface area contributed by atoms with Crippen molar-refractivity contribution in [3.05, 3.63) is 30.1 Å². The van der Waals surface area contributed by atoms with Crippen molar-refractivity contribution in [2.45, 2.75) is 39.3 Å². The fourth-order valence-electron chi connectivity index (χ4n) is 2.93. The average Bonchev–Trinajstić information content (AvgIpc) is 3.13. The van der Waals surface area contributed by atoms with Gasteiger partial charge in [-0.1, -0.05) is 13.8 Å². The van der Waals surface area contributed by atoms with Crippen molar-refractivity contribution in [1.29, 1.82) is 0 Å². The molecule has 0 aliphatic carbocycles. The van der Waals surface area contributed by atoms with Crippen molar-refractivity contribution < 1.29 is 19.0 Å². The highest BCUT2D eigenvalue weighted by Crippen LogP contribution is 2.13. The van der Waals surface area contributed by atoms with Crippen LogP contribution in [0, 0.1) is 11.7 Å². The first-order chi connectivity index (χ1) is 13.4. The number of benzene rings is 1. The van der Waals surface area contributed by atoms with E-state index in [0.717, 1.165) is 13.0 Å². The number of carbonyl (C=O) groups is 1. The van der Waals surface area contributed by atoms with Crippen molar-refractivity contribution in [2.75, 3.05) is 32.8 Å². The summed E-state index contributed by atoms with van der Waals surface area (Å²) in [5.41, 5.74) is 0. The number of likely N-dealkylation sites (tertiary alicyclic amines) is 1. The summed E-state index contributed by atoms with van der Waals surface area (Å²) >= 11 is 0. The van der Waals surface area contributed by atoms with E-state index >= 15 is 0 Å². The maximum atomic E-state index is 12.9. The molecule has 0 saturated carbocycles. The van der Waals surface area contributed by atoms with Gasteiger partial charge in [0.1, 0.15) is 24.3 Å². The van der Waals surface area contributed by atoms with Crippen molar-refractivity contribution in [1.82, 2.24) is 15.5 Å². The van der Waals surface area contributed by atoms with Gasteiger partial charge in [-0.15, -0.1) is 24.0 Å². The first-order valence-electron chi connectivity index (χ1n) is 9.79. The van der Waals surface area contributed by atoms with Crippen molar-refractivity contribution >= 4 is 35.8 Å². The Balaban J connectivity index is 0.00000420. The van der Waals surface area contributed by atoms with E-state index < -0.39 is 6.10 Å². The number of ether oxygens (including phenoxy) is 1. The minimum atomic E-state index is -0.789. The van der Waals surface area contributed by atoms with Gasteiger partial charge in [-0.25, -0.2) is 4.39 Å². The second-order valence-corrected chi connectivity index (χ2v) is 7.21. The molecule has 1 fully saturated rings. The number of rotatable bonds is 8. The fraction of sp³-hybridized carbons (Fsp3) is 0.600. The summed E-state index contributed by atoms with van der Waals surface area (Å²) < 4.78 is 18.3. The normalized spacial score (nSPS) is 17.7. The Kier molecular flexibility index (Phi) is 11.3. The molecule has 1 aromatic rings. The van der Waals surface area contributed by atoms with Crippen LogP contribution >= 0.6 is 24.0 Å². The summed E-state index contributed by atoms with van der Waals surface area (Å²) in [4.78, 5) is 18.4. The summed E-state index contributed by atoms with van der Waals surface area (Å²) in [6.45, 7) is 8.09. The zero-order valence-electron chi connectivity index (χ0n) is 17.2. The SMILES string of the molecule is CCNC(=NCC(O)COc1ccc(F)cc1)NC1CCN(C(=O)C(C)C)C1.I. The number of halogens is 2. The third-order valence-electron chi connectivity index (χ3n) is 4.40. The number of aliphatic imine (C=N–C) groups is 1. The Morgan fingerprint density at radius 2 is 2.07 bits per heavy atom. The van der Waals surface area contributed by atoms with E-state index in [1.54, 1.807) is 0 Å². The molecule has 0 aromatic heterocycles. The molecule has 2 unspecified atom stereocenters. The quantitative estimate of drug-likeness (QED) is 0.276. The van der Waals surface area contributed by atoms with Crippen LogP contribution in [0.5, 0.6) is 5.75 Å². The standard InChI is InChI=1S/C20H31FN4O3.HI/c1-4-22-20(24-16-9-10-25(12-16)19(27)14(2)3)23-11-17(26)13-28-18-7-5-15(21)6-8-18;/h5-8,14,16-17,26H,4,9-13H2,1-3H3,(H2,22,23,24);1H. The molecular formula is C20H32FIN4O3. The van der Waals surface area contributed by atoms with Gasteiger partial charge in [-0.05, 0) is 37.6 Å². The molecule has 164 valence electrons. The van der Waals surface area contributed by atoms with Gasteiger partial charge < -0.3 is 25.4 Å². The molecule has 1 aliphatic heterocycles. The number of aliphatic hydroxyl groups excluding tert-OH is 1. The Hall–Kier alpha value is -1.62. The summed E-state index contributed by atoms with van der Waals surface area (Å²) in [5, 5.41) is 16.6. The van der Waals surface area contributed by atoms with Gasteiger partial charge in [0.2, 0.25) is 5.91 Å². The lowest BCUT2D eigenvalue weighted by atomic mass is 10.2. The number of amides is 1. The van der Waals surface area contributed by atoms with Gasteiger partial charge in [-0.2, -0.15) is 0 Å². The Morgan fingerprint density at radius 3 is 2.69 bits per heavy atom. The topological polar surface area (TPSA) is 86.2 Å². The molecule has 1 heterocycles. The molecule has 1 aromatic carbocycles. The summed E-state index contributed by atoms with van der Waals surface area (Å²) in [7, 11) is 0. The molecule has 1 aliphatic rings. The summed E-state index contributed by atoms with van der Waals surface area (Å²) in [6.07, 6.45) is 0.0714. The van der Waals surface area contributed by atoms with Crippen LogP contribution in [-0.4, -0.2) is 66.8 Å². The molecule has 2 atom stereocenters. The first-order valence-corrected chi connectivity index (χ1v) is 9.79. The molecule has 0 bridgehead atoms. The monoisotopic (exact) mass is 522 g/mol. The second-order valence-electron chi connectivity index (χ2n) is 7.21. The average molecular weight is 522 g/mol. The van der Waals surface area contributed by atoms with Crippen LogP contribution in [-0.2, 0) is 4.79 Å². The lowest BCUT2D eigenvalue weighted by Crippen LogP contribution is -2.45. The molecule has 7 nitrogen and oxygen atoms in total. The van der Waals surface area contributed by atoms with E-state index in [2.05, 4.69) is 15.6 Å². The van der Waals surface area contributed by atoms with Crippen LogP contribution in [0.15, 0.2) is 29.3 Å². The van der Waals surface area contributed by atoms with Crippen LogP contribution in [0.1, 0.15) is 27.2 Å². The number of guanidine groups is 1. The number of nitrogens with one attached hydrogen (secondary N) is 2. The zero-order chi connectivity index (χ0) is 20.5. The lowest BCUT2D eigenvalue weighted by Gasteiger charge is -2.20. The van der Waals surface area contributed by atoms with Crippen molar-refractivity contribution in [2.24, 2.45) is 10.9 Å². The van der Waals surface area contributed by atoms with E-state index in [9.17, 15) is 14.3 Å². The predicted octanol–water partition coefficient (Wildman–Crippen LogP) is 2.00. The van der Waals surface area contributed by atoms with E-state index in [1.165, 1.54) is 24.3 Å². The lowest BCUT2D eigenvalue weighted by molar-refractivity contribution is -0.133. The minimum Gasteiger partial charge on any atom is -0.491 e. The van der Waals surface area contributed by atoms with E-state index in [-0.39, 0.29) is 60.8 Å². The smallest absolute Gasteiger partial charge is 0.225 e. The van der Waals surface area contributed by atoms with Gasteiger partial charge in [0.25, 0.3) is 0 Å². The number of nitrogens with zero attached hydrogens (tertiary/aromatic N) is 2. The Bertz CT molecular complexity index is 658. The van der Waals surface area contributed by atoms with Gasteiger partial charge in [-0.3, -0.25) is 9.79 Å². The van der Waals surface area contributed by atoms with Crippen LogP contribution in [0.3, 0.4) is 0 Å². The number of hydrogen-bond acceptors (Lipinski definition) is 4. The van der Waals surface area contributed by atoms with Gasteiger partial charge in [0, 0.05) is 31.6 Å². The summed E-state index contributed by atoms with van der Waals surface area (Å²) in [5.74, 6) is 0.929. The van der Waals surface area contributed by atoms with Crippen LogP contribution in [0.2, 0.25) is 0 Å². The van der Waals surface area contributed by atoms with E-state index in [4.69, 9.17) is 4.74 Å². The number of hydrogen-bond donors (Lipinski definition) is 3. The highest BCUT2D eigenvalue weighted by atomic mass is 127. The highest BCUT2D eigenvalue weighted by molar-refractivity contribution is 14.0. The van der Waals surface area contributed by atoms with Crippen molar-refractivity contribution in [3.63, 3.8) is 0 Å². The molecule has 9 heteroatoms. The first kappa shape index (κ1) is 25.4. The van der Waals surface area contributed by atoms with Crippen LogP contribution in [0.4, 0.5) is 4.39 Å². The number of carbonyl (C=O) groups excluding carboxylic acids is 1.